The molecule has 0 aliphatic carbocycles. The molecule has 12 heteroatoms. The van der Waals surface area contributed by atoms with E-state index in [4.69, 9.17) is 9.84 Å². The van der Waals surface area contributed by atoms with Gasteiger partial charge in [-0.1, -0.05) is 35.8 Å². The van der Waals surface area contributed by atoms with Gasteiger partial charge >= 0.3 is 16.2 Å². The number of hydrogen-bond acceptors (Lipinski definition) is 4. The number of ether oxygens (including phenoxy) is 1. The van der Waals surface area contributed by atoms with Crippen LogP contribution in [0.1, 0.15) is 10.5 Å². The largest absolute Gasteiger partial charge is 0.476 e. The lowest BCUT2D eigenvalue weighted by atomic mass is 10.3. The van der Waals surface area contributed by atoms with Gasteiger partial charge in [-0.2, -0.15) is 0 Å². The third-order valence-electron chi connectivity index (χ3n) is 2.20. The first-order valence-electron chi connectivity index (χ1n) is 5.03. The van der Waals surface area contributed by atoms with Crippen LogP contribution in [0.2, 0.25) is 0 Å². The van der Waals surface area contributed by atoms with Crippen LogP contribution in [-0.4, -0.2) is 26.5 Å². The summed E-state index contributed by atoms with van der Waals surface area (Å²) in [6, 6.07) is 1.88. The Labute approximate surface area is 113 Å². The highest BCUT2D eigenvalue weighted by Gasteiger charge is 2.65. The van der Waals surface area contributed by atoms with Crippen molar-refractivity contribution >= 4 is 16.2 Å². The maximum absolute atomic E-state index is 12.6. The predicted octanol–water partition coefficient (Wildman–Crippen LogP) is 3.95. The molecule has 2 aromatic rings. The number of nitrogens with zero attached hydrogens (tertiary/aromatic N) is 2. The lowest BCUT2D eigenvalue weighted by Crippen LogP contribution is -2.06. The monoisotopic (exact) mass is 331 g/mol. The van der Waals surface area contributed by atoms with Crippen molar-refractivity contribution in [3.05, 3.63) is 30.0 Å². The summed E-state index contributed by atoms with van der Waals surface area (Å²) in [5.41, 5.74) is -0.632. The maximum Gasteiger partial charge on any atom is 0.359 e. The van der Waals surface area contributed by atoms with Crippen molar-refractivity contribution in [2.75, 3.05) is 0 Å². The molecule has 1 heterocycles. The van der Waals surface area contributed by atoms with Crippen LogP contribution < -0.4 is 4.74 Å². The van der Waals surface area contributed by atoms with Crippen LogP contribution in [0.5, 0.6) is 11.6 Å². The maximum atomic E-state index is 12.6. The molecular weight excluding hydrogens is 325 g/mol. The summed E-state index contributed by atoms with van der Waals surface area (Å²) < 4.78 is 67.9. The third kappa shape index (κ3) is 3.39. The molecule has 2 rings (SSSR count). The number of aromatic amines is 1. The molecule has 1 aromatic carbocycles. The smallest absolute Gasteiger partial charge is 0.359 e. The molecule has 0 unspecified atom stereocenters. The Morgan fingerprint density at radius 3 is 2.48 bits per heavy atom. The zero-order valence-corrected chi connectivity index (χ0v) is 10.6. The Balaban J connectivity index is 2.40. The van der Waals surface area contributed by atoms with Crippen LogP contribution in [0.15, 0.2) is 29.2 Å². The van der Waals surface area contributed by atoms with Gasteiger partial charge in [0.15, 0.2) is 0 Å². The Bertz CT molecular complexity index is 715. The zero-order chi connectivity index (χ0) is 16.0. The second-order valence-electron chi connectivity index (χ2n) is 3.84. The zero-order valence-electron chi connectivity index (χ0n) is 9.77. The van der Waals surface area contributed by atoms with E-state index in [9.17, 15) is 24.2 Å². The molecule has 0 aliphatic heterocycles. The molecule has 0 radical (unpaired) electrons. The number of benzene rings is 1. The van der Waals surface area contributed by atoms with E-state index in [1.54, 1.807) is 0 Å². The predicted molar refractivity (Wildman–Crippen MR) is 61.3 cm³/mol. The lowest BCUT2D eigenvalue weighted by Gasteiger charge is -2.40. The SMILES string of the molecule is O=C(O)c1[nH]nnc1Oc1cccc(S(F)(F)(F)(F)F)c1. The van der Waals surface area contributed by atoms with E-state index in [-0.39, 0.29) is 12.1 Å². The van der Waals surface area contributed by atoms with Gasteiger partial charge in [0.05, 0.1) is 0 Å². The molecule has 6 nitrogen and oxygen atoms in total. The molecule has 21 heavy (non-hydrogen) atoms. The van der Waals surface area contributed by atoms with E-state index in [2.05, 4.69) is 10.3 Å². The van der Waals surface area contributed by atoms with Gasteiger partial charge < -0.3 is 9.84 Å². The van der Waals surface area contributed by atoms with Crippen LogP contribution in [0.3, 0.4) is 0 Å². The highest BCUT2D eigenvalue weighted by atomic mass is 32.5. The summed E-state index contributed by atoms with van der Waals surface area (Å²) in [6.07, 6.45) is 0. The van der Waals surface area contributed by atoms with E-state index in [1.807, 2.05) is 5.10 Å². The Morgan fingerprint density at radius 2 is 1.90 bits per heavy atom. The first kappa shape index (κ1) is 15.0. The summed E-state index contributed by atoms with van der Waals surface area (Å²) >= 11 is 0. The van der Waals surface area contributed by atoms with E-state index in [0.29, 0.717) is 6.07 Å². The van der Waals surface area contributed by atoms with Crippen molar-refractivity contribution in [1.29, 1.82) is 0 Å². The molecule has 2 N–H and O–H groups in total. The summed E-state index contributed by atoms with van der Waals surface area (Å²) in [5.74, 6) is -2.84. The van der Waals surface area contributed by atoms with Crippen LogP contribution in [0.25, 0.3) is 0 Å². The van der Waals surface area contributed by atoms with Crippen molar-refractivity contribution in [2.45, 2.75) is 4.90 Å². The fourth-order valence-corrected chi connectivity index (χ4v) is 1.99. The molecular formula is C9H6F5N3O3S. The fourth-order valence-electron chi connectivity index (χ4n) is 1.32. The number of carbonyl (C=O) groups is 1. The van der Waals surface area contributed by atoms with Crippen LogP contribution in [0, 0.1) is 0 Å². The average Bonchev–Trinajstić information content (AvgIpc) is 2.74. The quantitative estimate of drug-likeness (QED) is 0.828. The Kier molecular flexibility index (Phi) is 2.75. The standard InChI is InChI=1S/C9H6F5N3O3S/c10-21(11,12,13,14)6-3-1-2-5(4-6)20-8-7(9(18)19)15-17-16-8/h1-4H,(H,18,19)(H,15,16,17). The number of aromatic carboxylic acids is 1. The van der Waals surface area contributed by atoms with Crippen LogP contribution in [0.4, 0.5) is 19.4 Å². The number of nitrogens with one attached hydrogen (secondary N) is 1. The summed E-state index contributed by atoms with van der Waals surface area (Å²) in [4.78, 5) is 8.56. The van der Waals surface area contributed by atoms with Crippen molar-refractivity contribution < 1.29 is 34.1 Å². The van der Waals surface area contributed by atoms with Gasteiger partial charge in [-0.3, -0.25) is 0 Å². The van der Waals surface area contributed by atoms with Crippen LogP contribution >= 0.6 is 10.2 Å². The minimum Gasteiger partial charge on any atom is -0.476 e. The molecule has 0 amide bonds. The normalized spacial score (nSPS) is 15.1. The van der Waals surface area contributed by atoms with E-state index in [1.165, 1.54) is 0 Å². The number of rotatable bonds is 4. The summed E-state index contributed by atoms with van der Waals surface area (Å²) in [5, 5.41) is 16.9. The molecule has 0 aliphatic rings. The molecule has 1 aromatic heterocycles. The molecule has 0 spiro atoms. The highest BCUT2D eigenvalue weighted by Crippen LogP contribution is 3.02. The molecule has 0 fully saturated rings. The second kappa shape index (κ2) is 3.84. The number of hydrogen-bond donors (Lipinski definition) is 2. The van der Waals surface area contributed by atoms with Crippen molar-refractivity contribution in [3.8, 4) is 11.6 Å². The number of halogens is 5. The van der Waals surface area contributed by atoms with Gasteiger partial charge in [0.2, 0.25) is 5.69 Å². The first-order valence-corrected chi connectivity index (χ1v) is 6.98. The van der Waals surface area contributed by atoms with E-state index >= 15 is 0 Å². The molecule has 0 atom stereocenters. The van der Waals surface area contributed by atoms with Crippen LogP contribution in [-0.2, 0) is 0 Å². The molecule has 0 saturated carbocycles. The lowest BCUT2D eigenvalue weighted by molar-refractivity contribution is 0.0687. The van der Waals surface area contributed by atoms with Crippen molar-refractivity contribution in [1.82, 2.24) is 15.4 Å². The van der Waals surface area contributed by atoms with Gasteiger partial charge in [-0.15, -0.1) is 0 Å². The average molecular weight is 331 g/mol. The second-order valence-corrected chi connectivity index (χ2v) is 6.25. The van der Waals surface area contributed by atoms with Crippen molar-refractivity contribution in [2.24, 2.45) is 0 Å². The summed E-state index contributed by atoms with van der Waals surface area (Å²) in [7, 11) is -9.85. The van der Waals surface area contributed by atoms with Gasteiger partial charge in [0.1, 0.15) is 10.6 Å². The topological polar surface area (TPSA) is 88.1 Å². The minimum atomic E-state index is -9.85. The van der Waals surface area contributed by atoms with E-state index in [0.717, 1.165) is 6.07 Å². The first-order chi connectivity index (χ1) is 9.36. The highest BCUT2D eigenvalue weighted by molar-refractivity contribution is 8.45. The number of carboxylic acid groups (broad SMARTS) is 1. The molecule has 0 bridgehead atoms. The Morgan fingerprint density at radius 1 is 1.24 bits per heavy atom. The number of aromatic nitrogens is 3. The van der Waals surface area contributed by atoms with Gasteiger partial charge in [0.25, 0.3) is 5.88 Å². The number of carboxylic acids is 1. The number of H-pyrrole nitrogens is 1. The fraction of sp³-hybridized carbons (Fsp3) is 0. The van der Waals surface area contributed by atoms with Gasteiger partial charge in [-0.05, 0) is 12.1 Å². The molecule has 116 valence electrons. The Hall–Kier alpha value is -2.37. The molecule has 0 saturated heterocycles. The van der Waals surface area contributed by atoms with E-state index < -0.39 is 38.4 Å². The summed E-state index contributed by atoms with van der Waals surface area (Å²) in [6.45, 7) is 0. The third-order valence-corrected chi connectivity index (χ3v) is 3.34. The van der Waals surface area contributed by atoms with Crippen molar-refractivity contribution in [3.63, 3.8) is 0 Å². The van der Waals surface area contributed by atoms with Gasteiger partial charge in [0, 0.05) is 6.07 Å². The van der Waals surface area contributed by atoms with Gasteiger partial charge in [-0.25, -0.2) is 9.89 Å². The minimum absolute atomic E-state index is 0.0574.